The molecule has 0 spiro atoms. The number of Topliss-reactive ketones (excluding diaryl/α,β-unsaturated/α-hetero) is 1. The summed E-state index contributed by atoms with van der Waals surface area (Å²) in [6.45, 7) is 2.66. The molecule has 152 valence electrons. The number of likely N-dealkylation sites (N-methyl/N-ethyl adjacent to an activating group) is 1. The quantitative estimate of drug-likeness (QED) is 0.416. The number of carbonyl (C=O) groups is 1. The van der Waals surface area contributed by atoms with Gasteiger partial charge in [-0.25, -0.2) is 0 Å². The number of hydrogen-bond donors (Lipinski definition) is 1. The molecule has 0 fully saturated rings. The Kier molecular flexibility index (Phi) is 5.68. The van der Waals surface area contributed by atoms with Gasteiger partial charge in [-0.15, -0.1) is 0 Å². The van der Waals surface area contributed by atoms with E-state index in [0.29, 0.717) is 12.1 Å². The molecule has 0 saturated heterocycles. The van der Waals surface area contributed by atoms with Crippen LogP contribution in [-0.4, -0.2) is 29.8 Å². The van der Waals surface area contributed by atoms with E-state index in [1.165, 1.54) is 5.56 Å². The van der Waals surface area contributed by atoms with E-state index in [0.717, 1.165) is 27.8 Å². The van der Waals surface area contributed by atoms with Crippen LogP contribution >= 0.6 is 0 Å². The number of H-pyrrole nitrogens is 1. The van der Waals surface area contributed by atoms with Crippen molar-refractivity contribution in [2.75, 3.05) is 14.2 Å². The van der Waals surface area contributed by atoms with Crippen molar-refractivity contribution < 1.29 is 9.53 Å². The Hall–Kier alpha value is -3.37. The van der Waals surface area contributed by atoms with Crippen LogP contribution in [0.5, 0.6) is 5.75 Å². The number of nitrogens with zero attached hydrogens (tertiary/aromatic N) is 1. The summed E-state index contributed by atoms with van der Waals surface area (Å²) in [5.41, 5.74) is 4.88. The van der Waals surface area contributed by atoms with Gasteiger partial charge in [0, 0.05) is 34.8 Å². The number of hydrogen-bond acceptors (Lipinski definition) is 3. The summed E-state index contributed by atoms with van der Waals surface area (Å²) in [6, 6.07) is 23.6. The molecule has 4 aromatic rings. The molecule has 30 heavy (non-hydrogen) atoms. The lowest BCUT2D eigenvalue weighted by Crippen LogP contribution is -2.31. The first-order chi connectivity index (χ1) is 14.6. The normalized spacial score (nSPS) is 12.3. The molecular formula is C26H26N2O2. The van der Waals surface area contributed by atoms with Crippen molar-refractivity contribution in [2.45, 2.75) is 19.5 Å². The highest BCUT2D eigenvalue weighted by atomic mass is 16.5. The number of aromatic amines is 1. The van der Waals surface area contributed by atoms with Crippen LogP contribution in [0.25, 0.3) is 10.9 Å². The molecule has 1 heterocycles. The number of methoxy groups -OCH3 is 1. The van der Waals surface area contributed by atoms with Crippen LogP contribution in [0, 0.1) is 6.92 Å². The second kappa shape index (κ2) is 8.56. The van der Waals surface area contributed by atoms with Crippen LogP contribution < -0.4 is 4.74 Å². The third kappa shape index (κ3) is 3.87. The highest BCUT2D eigenvalue weighted by Gasteiger charge is 2.28. The number of benzene rings is 3. The first-order valence-electron chi connectivity index (χ1n) is 10.1. The van der Waals surface area contributed by atoms with Crippen molar-refractivity contribution in [1.29, 1.82) is 0 Å². The van der Waals surface area contributed by atoms with Crippen LogP contribution in [0.15, 0.2) is 79.0 Å². The second-order valence-electron chi connectivity index (χ2n) is 7.66. The molecule has 4 heteroatoms. The van der Waals surface area contributed by atoms with Gasteiger partial charge in [0.1, 0.15) is 5.75 Å². The standard InChI is InChI=1S/C26H26N2O2/c1-18-13-14-24(30-3)20(15-18)17-28(2)25(19-9-5-4-6-10-19)26(29)22-16-27-23-12-8-7-11-21(22)23/h4-16,25,27H,17H2,1-3H3. The maximum atomic E-state index is 13.8. The first kappa shape index (κ1) is 19.9. The van der Waals surface area contributed by atoms with Crippen LogP contribution in [0.1, 0.15) is 33.1 Å². The number of aromatic nitrogens is 1. The minimum atomic E-state index is -0.407. The zero-order valence-electron chi connectivity index (χ0n) is 17.6. The molecule has 3 aromatic carbocycles. The fraction of sp³-hybridized carbons (Fsp3) is 0.192. The Bertz CT molecular complexity index is 1160. The molecule has 1 aromatic heterocycles. The first-order valence-corrected chi connectivity index (χ1v) is 10.1. The van der Waals surface area contributed by atoms with Gasteiger partial charge in [-0.2, -0.15) is 0 Å². The molecule has 0 radical (unpaired) electrons. The van der Waals surface area contributed by atoms with E-state index >= 15 is 0 Å². The number of ketones is 1. The van der Waals surface area contributed by atoms with Gasteiger partial charge in [-0.1, -0.05) is 66.2 Å². The molecular weight excluding hydrogens is 372 g/mol. The maximum Gasteiger partial charge on any atom is 0.186 e. The zero-order valence-corrected chi connectivity index (χ0v) is 17.6. The molecule has 0 amide bonds. The fourth-order valence-corrected chi connectivity index (χ4v) is 4.05. The topological polar surface area (TPSA) is 45.3 Å². The van der Waals surface area contributed by atoms with Gasteiger partial charge >= 0.3 is 0 Å². The number of nitrogens with one attached hydrogen (secondary N) is 1. The van der Waals surface area contributed by atoms with E-state index in [1.807, 2.05) is 80.0 Å². The molecule has 0 saturated carbocycles. The number of rotatable bonds is 7. The van der Waals surface area contributed by atoms with Crippen molar-refractivity contribution >= 4 is 16.7 Å². The van der Waals surface area contributed by atoms with Crippen LogP contribution in [0.3, 0.4) is 0 Å². The van der Waals surface area contributed by atoms with Crippen molar-refractivity contribution in [1.82, 2.24) is 9.88 Å². The predicted octanol–water partition coefficient (Wildman–Crippen LogP) is 5.54. The Labute approximate surface area is 177 Å². The van der Waals surface area contributed by atoms with E-state index in [2.05, 4.69) is 22.9 Å². The van der Waals surface area contributed by atoms with Gasteiger partial charge < -0.3 is 9.72 Å². The molecule has 0 aliphatic heterocycles. The number of fused-ring (bicyclic) bond motifs is 1. The summed E-state index contributed by atoms with van der Waals surface area (Å²) < 4.78 is 5.56. The van der Waals surface area contributed by atoms with Gasteiger partial charge in [0.25, 0.3) is 0 Å². The molecule has 0 aliphatic rings. The van der Waals surface area contributed by atoms with E-state index in [9.17, 15) is 4.79 Å². The lowest BCUT2D eigenvalue weighted by molar-refractivity contribution is 0.0844. The molecule has 4 nitrogen and oxygen atoms in total. The molecule has 1 N–H and O–H groups in total. The highest BCUT2D eigenvalue weighted by Crippen LogP contribution is 2.31. The smallest absolute Gasteiger partial charge is 0.186 e. The molecule has 0 bridgehead atoms. The summed E-state index contributed by atoms with van der Waals surface area (Å²) in [4.78, 5) is 19.1. The van der Waals surface area contributed by atoms with Crippen LogP contribution in [0.4, 0.5) is 0 Å². The number of aryl methyl sites for hydroxylation is 1. The number of ether oxygens (including phenoxy) is 1. The van der Waals surface area contributed by atoms with Crippen molar-refractivity contribution in [3.8, 4) is 5.75 Å². The molecule has 1 unspecified atom stereocenters. The van der Waals surface area contributed by atoms with Crippen molar-refractivity contribution in [2.24, 2.45) is 0 Å². The van der Waals surface area contributed by atoms with E-state index in [4.69, 9.17) is 4.74 Å². The van der Waals surface area contributed by atoms with Gasteiger partial charge in [0.2, 0.25) is 0 Å². The Morgan fingerprint density at radius 1 is 1.03 bits per heavy atom. The summed E-state index contributed by atoms with van der Waals surface area (Å²) in [5, 5.41) is 0.949. The average Bonchev–Trinajstić information content (AvgIpc) is 3.19. The van der Waals surface area contributed by atoms with E-state index < -0.39 is 6.04 Å². The van der Waals surface area contributed by atoms with Gasteiger partial charge in [-0.05, 0) is 31.7 Å². The summed E-state index contributed by atoms with van der Waals surface area (Å²) in [7, 11) is 3.67. The maximum absolute atomic E-state index is 13.8. The lowest BCUT2D eigenvalue weighted by Gasteiger charge is -2.28. The van der Waals surface area contributed by atoms with E-state index in [-0.39, 0.29) is 5.78 Å². The Morgan fingerprint density at radius 2 is 1.77 bits per heavy atom. The molecule has 0 aliphatic carbocycles. The van der Waals surface area contributed by atoms with Crippen molar-refractivity contribution in [3.05, 3.63) is 101 Å². The highest BCUT2D eigenvalue weighted by molar-refractivity contribution is 6.10. The van der Waals surface area contributed by atoms with Gasteiger partial charge in [-0.3, -0.25) is 9.69 Å². The second-order valence-corrected chi connectivity index (χ2v) is 7.66. The Morgan fingerprint density at radius 3 is 2.53 bits per heavy atom. The van der Waals surface area contributed by atoms with E-state index in [1.54, 1.807) is 7.11 Å². The fourth-order valence-electron chi connectivity index (χ4n) is 4.05. The molecule has 4 rings (SSSR count). The number of para-hydroxylation sites is 1. The minimum absolute atomic E-state index is 0.0766. The lowest BCUT2D eigenvalue weighted by atomic mass is 9.95. The zero-order chi connectivity index (χ0) is 21.1. The van der Waals surface area contributed by atoms with Crippen molar-refractivity contribution in [3.63, 3.8) is 0 Å². The Balaban J connectivity index is 1.74. The van der Waals surface area contributed by atoms with Crippen LogP contribution in [0.2, 0.25) is 0 Å². The van der Waals surface area contributed by atoms with Gasteiger partial charge in [0.05, 0.1) is 13.2 Å². The van der Waals surface area contributed by atoms with Crippen LogP contribution in [-0.2, 0) is 6.54 Å². The monoisotopic (exact) mass is 398 g/mol. The predicted molar refractivity (Wildman–Crippen MR) is 121 cm³/mol. The largest absolute Gasteiger partial charge is 0.496 e. The third-order valence-corrected chi connectivity index (χ3v) is 5.51. The molecule has 1 atom stereocenters. The summed E-state index contributed by atoms with van der Waals surface area (Å²) in [6.07, 6.45) is 1.82. The SMILES string of the molecule is COc1ccc(C)cc1CN(C)C(C(=O)c1c[nH]c2ccccc12)c1ccccc1. The van der Waals surface area contributed by atoms with Gasteiger partial charge in [0.15, 0.2) is 5.78 Å². The third-order valence-electron chi connectivity index (χ3n) is 5.51. The minimum Gasteiger partial charge on any atom is -0.496 e. The summed E-state index contributed by atoms with van der Waals surface area (Å²) >= 11 is 0. The summed E-state index contributed by atoms with van der Waals surface area (Å²) in [5.74, 6) is 0.909. The average molecular weight is 399 g/mol. The number of carbonyl (C=O) groups excluding carboxylic acids is 1.